The number of nitrogens with one attached hydrogen (secondary N) is 1. The number of hydrogen-bond donors (Lipinski definition) is 1. The Hall–Kier alpha value is -1.36. The van der Waals surface area contributed by atoms with E-state index >= 15 is 0 Å². The van der Waals surface area contributed by atoms with Gasteiger partial charge < -0.3 is 10.1 Å². The summed E-state index contributed by atoms with van der Waals surface area (Å²) in [6.45, 7) is 1.84. The van der Waals surface area contributed by atoms with Crippen LogP contribution in [0.5, 0.6) is 5.75 Å². The van der Waals surface area contributed by atoms with Crippen molar-refractivity contribution in [3.63, 3.8) is 0 Å². The molecule has 0 heterocycles. The van der Waals surface area contributed by atoms with Crippen molar-refractivity contribution in [1.29, 1.82) is 0 Å². The van der Waals surface area contributed by atoms with Gasteiger partial charge in [0.15, 0.2) is 0 Å². The number of thioether (sulfide) groups is 1. The van der Waals surface area contributed by atoms with Crippen molar-refractivity contribution in [2.45, 2.75) is 17.1 Å². The summed E-state index contributed by atoms with van der Waals surface area (Å²) in [4.78, 5) is 13.2. The van der Waals surface area contributed by atoms with Crippen LogP contribution in [0.15, 0.2) is 47.4 Å². The van der Waals surface area contributed by atoms with E-state index in [2.05, 4.69) is 5.32 Å². The molecule has 1 atom stereocenters. The van der Waals surface area contributed by atoms with E-state index in [4.69, 9.17) is 27.9 Å². The van der Waals surface area contributed by atoms with Crippen LogP contribution in [0.4, 0.5) is 5.69 Å². The highest BCUT2D eigenvalue weighted by Crippen LogP contribution is 2.29. The molecular weight excluding hydrogens is 341 g/mol. The minimum absolute atomic E-state index is 0.134. The number of ether oxygens (including phenoxy) is 1. The van der Waals surface area contributed by atoms with Crippen molar-refractivity contribution >= 4 is 46.6 Å². The lowest BCUT2D eigenvalue weighted by Crippen LogP contribution is -2.22. The molecule has 22 heavy (non-hydrogen) atoms. The van der Waals surface area contributed by atoms with E-state index in [9.17, 15) is 4.79 Å². The van der Waals surface area contributed by atoms with Crippen LogP contribution in [-0.4, -0.2) is 18.3 Å². The van der Waals surface area contributed by atoms with Gasteiger partial charge in [-0.1, -0.05) is 23.2 Å². The predicted octanol–water partition coefficient (Wildman–Crippen LogP) is 5.12. The molecule has 0 saturated carbocycles. The average Bonchev–Trinajstić information content (AvgIpc) is 2.51. The number of methoxy groups -OCH3 is 1. The van der Waals surface area contributed by atoms with Crippen molar-refractivity contribution < 1.29 is 9.53 Å². The summed E-state index contributed by atoms with van der Waals surface area (Å²) >= 11 is 13.4. The second kappa shape index (κ2) is 7.77. The van der Waals surface area contributed by atoms with Crippen molar-refractivity contribution in [3.05, 3.63) is 52.5 Å². The Bertz CT molecular complexity index is 662. The van der Waals surface area contributed by atoms with E-state index in [-0.39, 0.29) is 11.2 Å². The molecule has 1 amide bonds. The molecule has 116 valence electrons. The summed E-state index contributed by atoms with van der Waals surface area (Å²) in [6, 6.07) is 12.5. The van der Waals surface area contributed by atoms with Crippen LogP contribution in [0.2, 0.25) is 10.0 Å². The zero-order valence-electron chi connectivity index (χ0n) is 12.1. The molecule has 3 nitrogen and oxygen atoms in total. The summed E-state index contributed by atoms with van der Waals surface area (Å²) < 4.78 is 5.11. The van der Waals surface area contributed by atoms with Gasteiger partial charge >= 0.3 is 0 Å². The quantitative estimate of drug-likeness (QED) is 0.756. The molecule has 0 spiro atoms. The number of amides is 1. The van der Waals surface area contributed by atoms with Gasteiger partial charge in [0.2, 0.25) is 5.91 Å². The molecule has 0 unspecified atom stereocenters. The maximum absolute atomic E-state index is 12.2. The first-order valence-electron chi connectivity index (χ1n) is 6.56. The molecule has 2 aromatic rings. The number of benzene rings is 2. The minimum atomic E-state index is -0.275. The third-order valence-corrected chi connectivity index (χ3v) is 4.60. The topological polar surface area (TPSA) is 38.3 Å². The van der Waals surface area contributed by atoms with Crippen molar-refractivity contribution in [1.82, 2.24) is 0 Å². The monoisotopic (exact) mass is 355 g/mol. The van der Waals surface area contributed by atoms with E-state index in [0.717, 1.165) is 10.6 Å². The molecular formula is C16H15Cl2NO2S. The summed E-state index contributed by atoms with van der Waals surface area (Å²) in [6.07, 6.45) is 0. The van der Waals surface area contributed by atoms with Gasteiger partial charge in [0, 0.05) is 9.92 Å². The fourth-order valence-corrected chi connectivity index (χ4v) is 2.94. The first-order valence-corrected chi connectivity index (χ1v) is 8.20. The Labute approximate surface area is 144 Å². The Balaban J connectivity index is 2.00. The highest BCUT2D eigenvalue weighted by Gasteiger charge is 2.16. The molecule has 0 saturated heterocycles. The van der Waals surface area contributed by atoms with E-state index < -0.39 is 0 Å². The Morgan fingerprint density at radius 2 is 1.86 bits per heavy atom. The van der Waals surface area contributed by atoms with Crippen LogP contribution < -0.4 is 10.1 Å². The average molecular weight is 356 g/mol. The molecule has 0 radical (unpaired) electrons. The molecule has 0 fully saturated rings. The first kappa shape index (κ1) is 17.0. The maximum Gasteiger partial charge on any atom is 0.237 e. The SMILES string of the molecule is COc1ccc(S[C@@H](C)C(=O)Nc2cc(Cl)ccc2Cl)cc1. The standard InChI is InChI=1S/C16H15Cl2NO2S/c1-10(22-13-6-4-12(21-2)5-7-13)16(20)19-15-9-11(17)3-8-14(15)18/h3-10H,1-2H3,(H,19,20)/t10-/m0/s1. The van der Waals surface area contributed by atoms with Gasteiger partial charge in [0.1, 0.15) is 5.75 Å². The van der Waals surface area contributed by atoms with Crippen LogP contribution in [0.25, 0.3) is 0 Å². The Morgan fingerprint density at radius 1 is 1.18 bits per heavy atom. The van der Waals surface area contributed by atoms with E-state index in [0.29, 0.717) is 15.7 Å². The third kappa shape index (κ3) is 4.57. The zero-order chi connectivity index (χ0) is 16.1. The number of rotatable bonds is 5. The van der Waals surface area contributed by atoms with E-state index in [1.807, 2.05) is 31.2 Å². The number of carbonyl (C=O) groups excluding carboxylic acids is 1. The van der Waals surface area contributed by atoms with Crippen molar-refractivity contribution in [3.8, 4) is 5.75 Å². The van der Waals surface area contributed by atoms with Gasteiger partial charge in [0.25, 0.3) is 0 Å². The number of anilines is 1. The summed E-state index contributed by atoms with van der Waals surface area (Å²) in [5.74, 6) is 0.650. The van der Waals surface area contributed by atoms with Crippen LogP contribution in [0.3, 0.4) is 0 Å². The second-order valence-corrected chi connectivity index (χ2v) is 6.81. The van der Waals surface area contributed by atoms with Crippen LogP contribution in [0.1, 0.15) is 6.92 Å². The highest BCUT2D eigenvalue weighted by atomic mass is 35.5. The summed E-state index contributed by atoms with van der Waals surface area (Å²) in [5.41, 5.74) is 0.515. The summed E-state index contributed by atoms with van der Waals surface area (Å²) in [5, 5.41) is 3.50. The first-order chi connectivity index (χ1) is 10.5. The molecule has 1 N–H and O–H groups in total. The maximum atomic E-state index is 12.2. The van der Waals surface area contributed by atoms with Crippen LogP contribution in [-0.2, 0) is 4.79 Å². The number of halogens is 2. The highest BCUT2D eigenvalue weighted by molar-refractivity contribution is 8.00. The van der Waals surface area contributed by atoms with Crippen molar-refractivity contribution in [2.24, 2.45) is 0 Å². The second-order valence-electron chi connectivity index (χ2n) is 4.55. The lowest BCUT2D eigenvalue weighted by molar-refractivity contribution is -0.115. The van der Waals surface area contributed by atoms with Gasteiger partial charge in [0.05, 0.1) is 23.1 Å². The third-order valence-electron chi connectivity index (χ3n) is 2.93. The minimum Gasteiger partial charge on any atom is -0.497 e. The van der Waals surface area contributed by atoms with E-state index in [1.54, 1.807) is 25.3 Å². The van der Waals surface area contributed by atoms with Crippen molar-refractivity contribution in [2.75, 3.05) is 12.4 Å². The normalized spacial score (nSPS) is 11.8. The van der Waals surface area contributed by atoms with E-state index in [1.165, 1.54) is 11.8 Å². The lowest BCUT2D eigenvalue weighted by Gasteiger charge is -2.13. The van der Waals surface area contributed by atoms with Gasteiger partial charge in [-0.2, -0.15) is 0 Å². The molecule has 2 aromatic carbocycles. The summed E-state index contributed by atoms with van der Waals surface area (Å²) in [7, 11) is 1.62. The fourth-order valence-electron chi connectivity index (χ4n) is 1.74. The Kier molecular flexibility index (Phi) is 6.00. The van der Waals surface area contributed by atoms with Gasteiger partial charge in [-0.3, -0.25) is 4.79 Å². The molecule has 0 aromatic heterocycles. The molecule has 2 rings (SSSR count). The molecule has 0 bridgehead atoms. The predicted molar refractivity (Wildman–Crippen MR) is 93.4 cm³/mol. The Morgan fingerprint density at radius 3 is 2.50 bits per heavy atom. The molecule has 0 aliphatic rings. The number of hydrogen-bond acceptors (Lipinski definition) is 3. The zero-order valence-corrected chi connectivity index (χ0v) is 14.4. The molecule has 0 aliphatic heterocycles. The lowest BCUT2D eigenvalue weighted by atomic mass is 10.3. The van der Waals surface area contributed by atoms with Crippen LogP contribution >= 0.6 is 35.0 Å². The fraction of sp³-hybridized carbons (Fsp3) is 0.188. The van der Waals surface area contributed by atoms with Gasteiger partial charge in [-0.05, 0) is 49.4 Å². The van der Waals surface area contributed by atoms with Crippen LogP contribution in [0, 0.1) is 0 Å². The number of carbonyl (C=O) groups is 1. The molecule has 6 heteroatoms. The van der Waals surface area contributed by atoms with Gasteiger partial charge in [-0.25, -0.2) is 0 Å². The van der Waals surface area contributed by atoms with Gasteiger partial charge in [-0.15, -0.1) is 11.8 Å². The smallest absolute Gasteiger partial charge is 0.237 e. The largest absolute Gasteiger partial charge is 0.497 e. The molecule has 0 aliphatic carbocycles.